The molecular formula is C23H25Cl2N5OS. The van der Waals surface area contributed by atoms with Crippen LogP contribution >= 0.6 is 35.0 Å². The van der Waals surface area contributed by atoms with Crippen LogP contribution in [0.4, 0.5) is 0 Å². The van der Waals surface area contributed by atoms with E-state index in [0.717, 1.165) is 11.4 Å². The van der Waals surface area contributed by atoms with Crippen molar-refractivity contribution >= 4 is 47.1 Å². The molecule has 9 heteroatoms. The minimum atomic E-state index is -0.252. The van der Waals surface area contributed by atoms with Crippen LogP contribution in [0.5, 0.6) is 0 Å². The number of hydrazone groups is 1. The monoisotopic (exact) mass is 489 g/mol. The third-order valence-corrected chi connectivity index (χ3v) is 6.26. The average molecular weight is 490 g/mol. The Hall–Kier alpha value is -2.35. The van der Waals surface area contributed by atoms with Crippen molar-refractivity contribution in [2.75, 3.05) is 5.75 Å². The van der Waals surface area contributed by atoms with Crippen LogP contribution in [0.15, 0.2) is 52.7 Å². The number of amides is 1. The molecule has 3 aromatic rings. The maximum atomic E-state index is 12.2. The molecule has 1 heterocycles. The van der Waals surface area contributed by atoms with E-state index >= 15 is 0 Å². The summed E-state index contributed by atoms with van der Waals surface area (Å²) in [6, 6.07) is 13.4. The van der Waals surface area contributed by atoms with E-state index in [2.05, 4.69) is 65.8 Å². The van der Waals surface area contributed by atoms with Crippen LogP contribution in [0, 0.1) is 0 Å². The molecule has 0 saturated heterocycles. The standard InChI is InChI=1S/C23H25Cl2N5OS/c1-5-30-21(15-6-9-17(10-7-15)23(2,3)4)28-29-22(30)32-14-20(31)27-26-13-16-8-11-18(24)12-19(16)25/h6-13H,5,14H2,1-4H3,(H,27,31)/b26-13+. The summed E-state index contributed by atoms with van der Waals surface area (Å²) in [5.41, 5.74) is 5.51. The smallest absolute Gasteiger partial charge is 0.250 e. The molecule has 1 amide bonds. The van der Waals surface area contributed by atoms with Gasteiger partial charge in [0.05, 0.1) is 17.0 Å². The molecule has 0 saturated carbocycles. The van der Waals surface area contributed by atoms with Crippen LogP contribution in [-0.2, 0) is 16.8 Å². The fourth-order valence-corrected chi connectivity index (χ4v) is 4.21. The van der Waals surface area contributed by atoms with Gasteiger partial charge in [0.25, 0.3) is 5.91 Å². The first-order chi connectivity index (χ1) is 15.2. The minimum Gasteiger partial charge on any atom is -0.302 e. The summed E-state index contributed by atoms with van der Waals surface area (Å²) in [7, 11) is 0. The van der Waals surface area contributed by atoms with Gasteiger partial charge >= 0.3 is 0 Å². The van der Waals surface area contributed by atoms with Crippen molar-refractivity contribution < 1.29 is 4.79 Å². The zero-order valence-electron chi connectivity index (χ0n) is 18.4. The van der Waals surface area contributed by atoms with E-state index in [-0.39, 0.29) is 17.1 Å². The molecule has 0 fully saturated rings. The molecule has 2 aromatic carbocycles. The molecule has 0 unspecified atom stereocenters. The highest BCUT2D eigenvalue weighted by Crippen LogP contribution is 2.27. The molecule has 32 heavy (non-hydrogen) atoms. The second kappa shape index (κ2) is 10.5. The number of halogens is 2. The number of hydrogen-bond acceptors (Lipinski definition) is 5. The van der Waals surface area contributed by atoms with Crippen LogP contribution in [0.2, 0.25) is 10.0 Å². The average Bonchev–Trinajstić information content (AvgIpc) is 3.16. The zero-order valence-corrected chi connectivity index (χ0v) is 20.7. The summed E-state index contributed by atoms with van der Waals surface area (Å²) in [4.78, 5) is 12.2. The third kappa shape index (κ3) is 6.12. The lowest BCUT2D eigenvalue weighted by Gasteiger charge is -2.19. The number of carbonyl (C=O) groups excluding carboxylic acids is 1. The van der Waals surface area contributed by atoms with Crippen LogP contribution in [-0.4, -0.2) is 32.6 Å². The minimum absolute atomic E-state index is 0.0900. The van der Waals surface area contributed by atoms with E-state index in [1.807, 2.05) is 11.5 Å². The number of carbonyl (C=O) groups is 1. The second-order valence-electron chi connectivity index (χ2n) is 8.13. The Morgan fingerprint density at radius 2 is 1.88 bits per heavy atom. The molecule has 1 N–H and O–H groups in total. The quantitative estimate of drug-likeness (QED) is 0.258. The van der Waals surface area contributed by atoms with E-state index in [0.29, 0.717) is 27.3 Å². The van der Waals surface area contributed by atoms with E-state index in [9.17, 15) is 4.79 Å². The van der Waals surface area contributed by atoms with E-state index < -0.39 is 0 Å². The van der Waals surface area contributed by atoms with E-state index in [1.165, 1.54) is 23.5 Å². The summed E-state index contributed by atoms with van der Waals surface area (Å²) >= 11 is 13.3. The largest absolute Gasteiger partial charge is 0.302 e. The van der Waals surface area contributed by atoms with Crippen molar-refractivity contribution in [3.63, 3.8) is 0 Å². The number of nitrogens with zero attached hydrogens (tertiary/aromatic N) is 4. The van der Waals surface area contributed by atoms with Crippen molar-refractivity contribution in [3.05, 3.63) is 63.6 Å². The van der Waals surface area contributed by atoms with Crippen LogP contribution < -0.4 is 5.43 Å². The Kier molecular flexibility index (Phi) is 7.98. The topological polar surface area (TPSA) is 72.2 Å². The maximum Gasteiger partial charge on any atom is 0.250 e. The van der Waals surface area contributed by atoms with Gasteiger partial charge in [-0.25, -0.2) is 5.43 Å². The molecule has 0 bridgehead atoms. The number of aromatic nitrogens is 3. The molecule has 0 radical (unpaired) electrons. The van der Waals surface area contributed by atoms with Crippen LogP contribution in [0.3, 0.4) is 0 Å². The zero-order chi connectivity index (χ0) is 23.3. The first-order valence-electron chi connectivity index (χ1n) is 10.1. The Morgan fingerprint density at radius 1 is 1.16 bits per heavy atom. The molecule has 3 rings (SSSR count). The predicted octanol–water partition coefficient (Wildman–Crippen LogP) is 5.81. The fraction of sp³-hybridized carbons (Fsp3) is 0.304. The molecular weight excluding hydrogens is 465 g/mol. The summed E-state index contributed by atoms with van der Waals surface area (Å²) < 4.78 is 2.00. The molecule has 0 spiro atoms. The Balaban J connectivity index is 1.62. The first kappa shape index (κ1) is 24.3. The van der Waals surface area contributed by atoms with Crippen molar-refractivity contribution in [2.24, 2.45) is 5.10 Å². The summed E-state index contributed by atoms with van der Waals surface area (Å²) in [5, 5.41) is 14.3. The van der Waals surface area contributed by atoms with Crippen molar-refractivity contribution in [3.8, 4) is 11.4 Å². The normalized spacial score (nSPS) is 11.8. The van der Waals surface area contributed by atoms with Gasteiger partial charge in [-0.05, 0) is 30.0 Å². The number of hydrogen-bond donors (Lipinski definition) is 1. The number of thioether (sulfide) groups is 1. The van der Waals surface area contributed by atoms with Crippen LogP contribution in [0.1, 0.15) is 38.8 Å². The summed E-state index contributed by atoms with van der Waals surface area (Å²) in [6.07, 6.45) is 1.48. The highest BCUT2D eigenvalue weighted by atomic mass is 35.5. The number of nitrogens with one attached hydrogen (secondary N) is 1. The molecule has 0 aliphatic heterocycles. The Labute approximate surface area is 202 Å². The van der Waals surface area contributed by atoms with Gasteiger partial charge in [-0.3, -0.25) is 4.79 Å². The van der Waals surface area contributed by atoms with E-state index in [4.69, 9.17) is 23.2 Å². The van der Waals surface area contributed by atoms with Gasteiger partial charge in [-0.15, -0.1) is 10.2 Å². The molecule has 0 aliphatic rings. The first-order valence-corrected chi connectivity index (χ1v) is 11.9. The van der Waals surface area contributed by atoms with Crippen molar-refractivity contribution in [1.82, 2.24) is 20.2 Å². The lowest BCUT2D eigenvalue weighted by Crippen LogP contribution is -2.20. The van der Waals surface area contributed by atoms with Gasteiger partial charge in [0.15, 0.2) is 11.0 Å². The van der Waals surface area contributed by atoms with E-state index in [1.54, 1.807) is 18.2 Å². The van der Waals surface area contributed by atoms with Gasteiger partial charge in [0.2, 0.25) is 0 Å². The number of rotatable bonds is 7. The molecule has 6 nitrogen and oxygen atoms in total. The molecule has 1 aromatic heterocycles. The summed E-state index contributed by atoms with van der Waals surface area (Å²) in [5.74, 6) is 0.691. The molecule has 0 aliphatic carbocycles. The highest BCUT2D eigenvalue weighted by Gasteiger charge is 2.17. The Bertz CT molecular complexity index is 1120. The predicted molar refractivity (Wildman–Crippen MR) is 133 cm³/mol. The van der Waals surface area contributed by atoms with Gasteiger partial charge in [0, 0.05) is 22.7 Å². The lowest BCUT2D eigenvalue weighted by molar-refractivity contribution is -0.118. The van der Waals surface area contributed by atoms with Crippen LogP contribution in [0.25, 0.3) is 11.4 Å². The van der Waals surface area contributed by atoms with Gasteiger partial charge in [0.1, 0.15) is 0 Å². The van der Waals surface area contributed by atoms with Gasteiger partial charge in [-0.1, -0.05) is 86.1 Å². The summed E-state index contributed by atoms with van der Waals surface area (Å²) in [6.45, 7) is 9.28. The van der Waals surface area contributed by atoms with Gasteiger partial charge in [-0.2, -0.15) is 5.10 Å². The highest BCUT2D eigenvalue weighted by molar-refractivity contribution is 7.99. The molecule has 0 atom stereocenters. The third-order valence-electron chi connectivity index (χ3n) is 4.73. The SMILES string of the molecule is CCn1c(SCC(=O)N/N=C/c2ccc(Cl)cc2Cl)nnc1-c1ccc(C(C)(C)C)cc1. The number of benzene rings is 2. The second-order valence-corrected chi connectivity index (χ2v) is 9.91. The maximum absolute atomic E-state index is 12.2. The van der Waals surface area contributed by atoms with Crippen molar-refractivity contribution in [2.45, 2.75) is 44.8 Å². The fourth-order valence-electron chi connectivity index (χ4n) is 2.96. The Morgan fingerprint density at radius 3 is 2.50 bits per heavy atom. The van der Waals surface area contributed by atoms with Gasteiger partial charge < -0.3 is 4.57 Å². The van der Waals surface area contributed by atoms with Crippen molar-refractivity contribution in [1.29, 1.82) is 0 Å². The lowest BCUT2D eigenvalue weighted by atomic mass is 9.87. The molecule has 168 valence electrons.